The number of non-ortho nitro benzene ring substituents is 1. The van der Waals surface area contributed by atoms with Crippen molar-refractivity contribution in [2.45, 2.75) is 24.1 Å². The van der Waals surface area contributed by atoms with Crippen molar-refractivity contribution in [1.82, 2.24) is 4.90 Å². The zero-order valence-electron chi connectivity index (χ0n) is 19.1. The summed E-state index contributed by atoms with van der Waals surface area (Å²) in [4.78, 5) is 37.4. The molecule has 0 bridgehead atoms. The summed E-state index contributed by atoms with van der Waals surface area (Å²) < 4.78 is 5.78. The minimum Gasteiger partial charge on any atom is -0.487 e. The molecular formula is C25H21ClN4O6. The van der Waals surface area contributed by atoms with Crippen LogP contribution in [0.3, 0.4) is 0 Å². The lowest BCUT2D eigenvalue weighted by Crippen LogP contribution is -2.54. The predicted molar refractivity (Wildman–Crippen MR) is 132 cm³/mol. The molecule has 0 aliphatic carbocycles. The summed E-state index contributed by atoms with van der Waals surface area (Å²) in [5.74, 6) is -0.630. The van der Waals surface area contributed by atoms with E-state index in [4.69, 9.17) is 16.3 Å². The monoisotopic (exact) mass is 508 g/mol. The second-order valence-electron chi connectivity index (χ2n) is 8.89. The topological polar surface area (TPSA) is 128 Å². The Bertz CT molecular complexity index is 1380. The van der Waals surface area contributed by atoms with Crippen molar-refractivity contribution in [2.24, 2.45) is 0 Å². The number of hydrogen-bond acceptors (Lipinski definition) is 7. The molecule has 2 aliphatic heterocycles. The summed E-state index contributed by atoms with van der Waals surface area (Å²) in [6.45, 7) is 0.424. The fraction of sp³-hybridized carbons (Fsp3) is 0.240. The first kappa shape index (κ1) is 23.7. The van der Waals surface area contributed by atoms with Gasteiger partial charge in [0.1, 0.15) is 12.4 Å². The number of benzene rings is 3. The number of nitro benzene ring substituents is 1. The maximum atomic E-state index is 13.2. The van der Waals surface area contributed by atoms with Gasteiger partial charge in [-0.2, -0.15) is 0 Å². The first-order valence-corrected chi connectivity index (χ1v) is 11.5. The van der Waals surface area contributed by atoms with Gasteiger partial charge in [0.05, 0.1) is 15.9 Å². The number of carbonyl (C=O) groups is 1. The lowest BCUT2D eigenvalue weighted by atomic mass is 9.79. The maximum absolute atomic E-state index is 13.2. The van der Waals surface area contributed by atoms with Gasteiger partial charge in [-0.1, -0.05) is 35.9 Å². The van der Waals surface area contributed by atoms with Crippen LogP contribution in [0.4, 0.5) is 11.4 Å². The normalized spacial score (nSPS) is 22.9. The van der Waals surface area contributed by atoms with Gasteiger partial charge in [-0.3, -0.25) is 29.9 Å². The summed E-state index contributed by atoms with van der Waals surface area (Å²) in [5.41, 5.74) is 1.08. The molecule has 1 spiro atoms. The molecule has 0 aromatic heterocycles. The SMILES string of the molecule is CN1C[C@H](c2ccc(OCc3ccc([N+](=O)[O-])cc3)c(Cl)c2)[C@@H]([N+](=O)[O-])[C@]12C(=O)Nc1ccccc12. The third kappa shape index (κ3) is 3.66. The number of nitrogens with zero attached hydrogens (tertiary/aromatic N) is 3. The minimum atomic E-state index is -1.43. The van der Waals surface area contributed by atoms with Gasteiger partial charge in [-0.05, 0) is 48.5 Å². The zero-order chi connectivity index (χ0) is 25.6. The number of fused-ring (bicyclic) bond motifs is 2. The Labute approximate surface area is 210 Å². The van der Waals surface area contributed by atoms with Gasteiger partial charge < -0.3 is 10.1 Å². The lowest BCUT2D eigenvalue weighted by molar-refractivity contribution is -0.534. The highest BCUT2D eigenvalue weighted by atomic mass is 35.5. The van der Waals surface area contributed by atoms with Crippen LogP contribution in [-0.4, -0.2) is 40.3 Å². The Balaban J connectivity index is 1.42. The largest absolute Gasteiger partial charge is 0.487 e. The van der Waals surface area contributed by atoms with E-state index in [1.165, 1.54) is 12.1 Å². The van der Waals surface area contributed by atoms with Gasteiger partial charge in [-0.15, -0.1) is 0 Å². The van der Waals surface area contributed by atoms with Crippen LogP contribution in [0.2, 0.25) is 5.02 Å². The molecule has 5 rings (SSSR count). The minimum absolute atomic E-state index is 0.0145. The Morgan fingerprint density at radius 1 is 1.11 bits per heavy atom. The molecule has 1 saturated heterocycles. The lowest BCUT2D eigenvalue weighted by Gasteiger charge is -2.30. The molecule has 2 heterocycles. The van der Waals surface area contributed by atoms with Crippen molar-refractivity contribution < 1.29 is 19.4 Å². The van der Waals surface area contributed by atoms with Crippen molar-refractivity contribution in [2.75, 3.05) is 18.9 Å². The van der Waals surface area contributed by atoms with E-state index in [2.05, 4.69) is 5.32 Å². The number of likely N-dealkylation sites (N-methyl/N-ethyl adjacent to an activating group) is 1. The molecule has 0 radical (unpaired) electrons. The van der Waals surface area contributed by atoms with E-state index in [0.29, 0.717) is 22.6 Å². The molecule has 184 valence electrons. The molecule has 0 saturated carbocycles. The number of anilines is 1. The fourth-order valence-corrected chi connectivity index (χ4v) is 5.56. The number of likely N-dealkylation sites (tertiary alicyclic amines) is 1. The summed E-state index contributed by atoms with van der Waals surface area (Å²) in [7, 11) is 1.72. The average molecular weight is 509 g/mol. The van der Waals surface area contributed by atoms with Crippen LogP contribution in [0.1, 0.15) is 22.6 Å². The summed E-state index contributed by atoms with van der Waals surface area (Å²) in [6.07, 6.45) is 0. The third-order valence-electron chi connectivity index (χ3n) is 6.97. The number of ether oxygens (including phenoxy) is 1. The highest BCUT2D eigenvalue weighted by Crippen LogP contribution is 2.52. The van der Waals surface area contributed by atoms with Crippen LogP contribution in [-0.2, 0) is 16.9 Å². The van der Waals surface area contributed by atoms with Crippen LogP contribution < -0.4 is 10.1 Å². The molecule has 3 aromatic rings. The number of nitro groups is 2. The van der Waals surface area contributed by atoms with Crippen LogP contribution in [0, 0.1) is 20.2 Å². The Hall–Kier alpha value is -4.02. The average Bonchev–Trinajstić information content (AvgIpc) is 3.33. The van der Waals surface area contributed by atoms with Crippen LogP contribution in [0.25, 0.3) is 0 Å². The summed E-state index contributed by atoms with van der Waals surface area (Å²) in [6, 6.07) is 16.8. The van der Waals surface area contributed by atoms with Gasteiger partial charge in [0.25, 0.3) is 17.6 Å². The van der Waals surface area contributed by atoms with Crippen LogP contribution in [0.15, 0.2) is 66.7 Å². The second kappa shape index (κ2) is 8.89. The molecule has 11 heteroatoms. The first-order chi connectivity index (χ1) is 17.2. The third-order valence-corrected chi connectivity index (χ3v) is 7.26. The van der Waals surface area contributed by atoms with E-state index < -0.39 is 28.3 Å². The number of rotatable bonds is 6. The van der Waals surface area contributed by atoms with Crippen molar-refractivity contribution in [1.29, 1.82) is 0 Å². The number of amides is 1. The Morgan fingerprint density at radius 2 is 1.83 bits per heavy atom. The molecule has 2 aliphatic rings. The molecule has 1 fully saturated rings. The maximum Gasteiger partial charge on any atom is 0.269 e. The molecular weight excluding hydrogens is 488 g/mol. The Morgan fingerprint density at radius 3 is 2.50 bits per heavy atom. The number of hydrogen-bond donors (Lipinski definition) is 1. The molecule has 1 amide bonds. The second-order valence-corrected chi connectivity index (χ2v) is 9.29. The highest BCUT2D eigenvalue weighted by Gasteiger charge is 2.68. The molecule has 0 unspecified atom stereocenters. The van der Waals surface area contributed by atoms with Crippen LogP contribution in [0.5, 0.6) is 5.75 Å². The van der Waals surface area contributed by atoms with E-state index in [9.17, 15) is 25.0 Å². The molecule has 10 nitrogen and oxygen atoms in total. The highest BCUT2D eigenvalue weighted by molar-refractivity contribution is 6.32. The fourth-order valence-electron chi connectivity index (χ4n) is 5.32. The molecule has 3 aromatic carbocycles. The van der Waals surface area contributed by atoms with Crippen molar-refractivity contribution >= 4 is 28.9 Å². The van der Waals surface area contributed by atoms with Gasteiger partial charge in [0.15, 0.2) is 5.54 Å². The number of nitrogens with one attached hydrogen (secondary N) is 1. The van der Waals surface area contributed by atoms with E-state index in [-0.39, 0.29) is 28.8 Å². The Kier molecular flexibility index (Phi) is 5.85. The van der Waals surface area contributed by atoms with E-state index >= 15 is 0 Å². The van der Waals surface area contributed by atoms with Gasteiger partial charge in [0.2, 0.25) is 0 Å². The summed E-state index contributed by atoms with van der Waals surface area (Å²) >= 11 is 6.49. The molecule has 3 atom stereocenters. The standard InChI is InChI=1S/C25H21ClN4O6/c1-28-13-18(23(30(34)35)25(28)19-4-2-3-5-21(19)27-24(25)31)16-8-11-22(20(26)12-16)36-14-15-6-9-17(10-7-15)29(32)33/h2-12,18,23H,13-14H2,1H3,(H,27,31)/t18-,23-,25-/m1/s1. The molecule has 36 heavy (non-hydrogen) atoms. The van der Waals surface area contributed by atoms with E-state index in [1.54, 1.807) is 66.5 Å². The smallest absolute Gasteiger partial charge is 0.269 e. The van der Waals surface area contributed by atoms with Gasteiger partial charge in [0, 0.05) is 34.9 Å². The number of para-hydroxylation sites is 1. The van der Waals surface area contributed by atoms with Gasteiger partial charge in [-0.25, -0.2) is 0 Å². The molecule has 1 N–H and O–H groups in total. The number of carbonyl (C=O) groups excluding carboxylic acids is 1. The number of halogens is 1. The van der Waals surface area contributed by atoms with Crippen molar-refractivity contribution in [3.8, 4) is 5.75 Å². The van der Waals surface area contributed by atoms with Gasteiger partial charge >= 0.3 is 0 Å². The van der Waals surface area contributed by atoms with Crippen LogP contribution >= 0.6 is 11.6 Å². The van der Waals surface area contributed by atoms with Crippen molar-refractivity contribution in [3.05, 3.63) is 109 Å². The summed E-state index contributed by atoms with van der Waals surface area (Å²) in [5, 5.41) is 26.3. The van der Waals surface area contributed by atoms with Crippen molar-refractivity contribution in [3.63, 3.8) is 0 Å². The zero-order valence-corrected chi connectivity index (χ0v) is 19.8. The van der Waals surface area contributed by atoms with E-state index in [0.717, 1.165) is 5.56 Å². The quantitative estimate of drug-likeness (QED) is 0.387. The predicted octanol–water partition coefficient (Wildman–Crippen LogP) is 4.35. The van der Waals surface area contributed by atoms with E-state index in [1.807, 2.05) is 0 Å². The first-order valence-electron chi connectivity index (χ1n) is 11.1.